The first-order valence-electron chi connectivity index (χ1n) is 33.7. The van der Waals surface area contributed by atoms with Crippen LogP contribution in [0.1, 0.15) is 85.5 Å². The molecule has 100 heavy (non-hydrogen) atoms. The number of nitrogens with one attached hydrogen (secondary N) is 7. The van der Waals surface area contributed by atoms with Gasteiger partial charge in [-0.25, -0.2) is 9.07 Å². The molecule has 2 saturated heterocycles. The number of hydrogen-bond donors (Lipinski definition) is 9. The molecule has 4 aromatic carbocycles. The van der Waals surface area contributed by atoms with E-state index in [0.717, 1.165) is 16.7 Å². The molecular weight excluding hydrogens is 1320 g/mol. The molecule has 11 rings (SSSR count). The first kappa shape index (κ1) is 72.1. The third-order valence-electron chi connectivity index (χ3n) is 18.9. The van der Waals surface area contributed by atoms with Crippen molar-refractivity contribution in [3.8, 4) is 11.4 Å². The number of thioether (sulfide) groups is 2. The summed E-state index contributed by atoms with van der Waals surface area (Å²) in [7, 11) is 1.51. The van der Waals surface area contributed by atoms with Crippen LogP contribution in [0.3, 0.4) is 0 Å². The minimum absolute atomic E-state index is 0.0144. The first-order valence-corrected chi connectivity index (χ1v) is 36.0. The number of fused-ring (bicyclic) bond motifs is 8. The molecule has 26 nitrogen and oxygen atoms in total. The van der Waals surface area contributed by atoms with Gasteiger partial charge in [-0.05, 0) is 122 Å². The lowest BCUT2D eigenvalue weighted by atomic mass is 9.95. The predicted octanol–water partition coefficient (Wildman–Crippen LogP) is 2.19. The maximum Gasteiger partial charge on any atom is 0.246 e. The molecule has 0 radical (unpaired) electrons. The fraction of sp³-hybridized carbons (Fsp3) is 0.451. The van der Waals surface area contributed by atoms with Crippen LogP contribution in [0, 0.1) is 5.82 Å². The van der Waals surface area contributed by atoms with Crippen LogP contribution in [-0.2, 0) is 91.6 Å². The van der Waals surface area contributed by atoms with E-state index >= 15 is 28.4 Å². The van der Waals surface area contributed by atoms with E-state index in [-0.39, 0.29) is 71.4 Å². The van der Waals surface area contributed by atoms with Gasteiger partial charge in [-0.1, -0.05) is 59.8 Å². The smallest absolute Gasteiger partial charge is 0.246 e. The Morgan fingerprint density at radius 1 is 0.770 bits per heavy atom. The molecule has 530 valence electrons. The molecule has 0 aliphatic carbocycles. The van der Waals surface area contributed by atoms with Crippen LogP contribution in [0.5, 0.6) is 5.75 Å². The van der Waals surface area contributed by atoms with Gasteiger partial charge in [-0.15, -0.1) is 5.10 Å². The number of allylic oxidation sites excluding steroid dienone is 1. The average Bonchev–Trinajstić information content (AvgIpc) is 1.61. The van der Waals surface area contributed by atoms with Gasteiger partial charge in [-0.2, -0.15) is 23.5 Å². The third-order valence-corrected chi connectivity index (χ3v) is 20.9. The SMILES string of the molecule is COc1ccc(C[C@@H]2NC(=O)[C@H]([C@@H](C)O)NC(=O)[C@@H]3[C@@H]4CCN3C(=O)[C@@H]3Cc5cn(c6ccc(F)cc56)Cc5cn(nn5)-c5cc(cc(c5)CSCCC(=O)N[C@@H](CN)C(=O)N[C@H](C)C(=O)N[C@@H](Cc5cccc(c5)C/C=C\CO4)C(=O)N3)CSCCNC(=O)[C@]3(C)CCCN3C2=O)cc1. The second-order valence-corrected chi connectivity index (χ2v) is 28.4. The van der Waals surface area contributed by atoms with Gasteiger partial charge >= 0.3 is 0 Å². The van der Waals surface area contributed by atoms with Gasteiger partial charge in [0.15, 0.2) is 0 Å². The number of rotatable bonds is 5. The quantitative estimate of drug-likeness (QED) is 0.112. The van der Waals surface area contributed by atoms with Gasteiger partial charge in [0.1, 0.15) is 65.1 Å². The van der Waals surface area contributed by atoms with Gasteiger partial charge in [-0.3, -0.25) is 43.2 Å². The summed E-state index contributed by atoms with van der Waals surface area (Å²) in [5, 5.41) is 40.8. The Balaban J connectivity index is 1.04. The van der Waals surface area contributed by atoms with Gasteiger partial charge in [0.2, 0.25) is 53.2 Å². The Kier molecular flexibility index (Phi) is 23.4. The van der Waals surface area contributed by atoms with Crippen molar-refractivity contribution in [1.29, 1.82) is 0 Å². The van der Waals surface area contributed by atoms with E-state index < -0.39 is 119 Å². The second kappa shape index (κ2) is 32.4. The number of methoxy groups -OCH3 is 1. The average molecular weight is 1410 g/mol. The standard InChI is InChI=1S/C71H85FN14O12S2/c1-41-63(89)77-54-32-45-11-7-10-43(27-45)9-5-6-24-98-59-18-23-84-62(59)67(93)80-61(42(2)87)66(92)79-55(31-44-12-15-52(97-4)16-13-44)69(95)85-22-8-20-71(85,3)70(96)74-21-26-100-40-47-28-46(39-99-25-19-60(88)76-57(35-73)65(91)75-41)29-51(30-47)86-38-50(81-82-86)37-83-36-48(33-56(68(84)94)78-64(54)90)53-34-49(72)14-17-58(53)83/h5-7,10-17,27-30,34,36,38,41-42,54-57,59,61-62,87H,8-9,18-26,31-33,35,37,39-40,73H2,1-4H3,(H,74,96)(H,75,91)(H,76,88)(H,77,89)(H,78,90)(H,79,92)(H,80,93)/b6-5-/t41-,42-,54+,55+,56+,57+,59+,61+,62+,71+/m1/s1. The Hall–Kier alpha value is -9.16. The topological polar surface area (TPSA) is 345 Å². The summed E-state index contributed by atoms with van der Waals surface area (Å²) in [6.45, 7) is 4.42. The van der Waals surface area contributed by atoms with Crippen molar-refractivity contribution in [3.63, 3.8) is 0 Å². The minimum Gasteiger partial charge on any atom is -0.497 e. The van der Waals surface area contributed by atoms with E-state index in [1.54, 1.807) is 84.3 Å². The highest BCUT2D eigenvalue weighted by Gasteiger charge is 2.49. The zero-order valence-electron chi connectivity index (χ0n) is 56.2. The van der Waals surface area contributed by atoms with Crippen LogP contribution in [0.4, 0.5) is 4.39 Å². The molecular formula is C71H85FN14O12S2. The number of carbonyl (C=O) groups excluding carboxylic acids is 9. The number of amides is 9. The maximum atomic E-state index is 16.1. The highest BCUT2D eigenvalue weighted by atomic mass is 32.2. The van der Waals surface area contributed by atoms with Crippen LogP contribution in [-0.4, -0.2) is 199 Å². The number of hydrogen-bond acceptors (Lipinski definition) is 17. The molecule has 5 aliphatic rings. The largest absolute Gasteiger partial charge is 0.497 e. The molecule has 0 unspecified atom stereocenters. The molecule has 2 aromatic heterocycles. The monoisotopic (exact) mass is 1410 g/mol. The lowest BCUT2D eigenvalue weighted by Gasteiger charge is -2.37. The molecule has 5 aliphatic heterocycles. The number of ether oxygens (including phenoxy) is 2. The number of benzene rings is 4. The van der Waals surface area contributed by atoms with Gasteiger partial charge in [0.05, 0.1) is 44.4 Å². The first-order chi connectivity index (χ1) is 48.1. The highest BCUT2D eigenvalue weighted by molar-refractivity contribution is 7.98. The number of aromatic nitrogens is 4. The molecule has 6 aromatic rings. The van der Waals surface area contributed by atoms with Crippen molar-refractivity contribution >= 4 is 87.6 Å². The van der Waals surface area contributed by atoms with E-state index in [2.05, 4.69) is 47.5 Å². The van der Waals surface area contributed by atoms with Crippen molar-refractivity contribution < 1.29 is 62.1 Å². The Morgan fingerprint density at radius 3 is 2.28 bits per heavy atom. The fourth-order valence-electron chi connectivity index (χ4n) is 13.5. The van der Waals surface area contributed by atoms with Gasteiger partial charge in [0.25, 0.3) is 0 Å². The molecule has 0 spiro atoms. The molecule has 10 atom stereocenters. The van der Waals surface area contributed by atoms with E-state index in [4.69, 9.17) is 15.2 Å². The predicted molar refractivity (Wildman–Crippen MR) is 373 cm³/mol. The summed E-state index contributed by atoms with van der Waals surface area (Å²) in [6.07, 6.45) is 5.15. The zero-order chi connectivity index (χ0) is 70.8. The summed E-state index contributed by atoms with van der Waals surface area (Å²) in [6, 6.07) is 14.1. The molecule has 0 saturated carbocycles. The van der Waals surface area contributed by atoms with Crippen molar-refractivity contribution in [2.75, 3.05) is 51.4 Å². The van der Waals surface area contributed by atoms with Crippen molar-refractivity contribution in [1.82, 2.24) is 66.6 Å². The molecule has 29 heteroatoms. The molecule has 10 N–H and O–H groups in total. The maximum absolute atomic E-state index is 16.1. The number of aliphatic hydroxyl groups is 1. The fourth-order valence-corrected chi connectivity index (χ4v) is 15.2. The number of aliphatic hydroxyl groups excluding tert-OH is 1. The lowest BCUT2D eigenvalue weighted by Crippen LogP contribution is -2.64. The Morgan fingerprint density at radius 2 is 1.52 bits per heavy atom. The lowest BCUT2D eigenvalue weighted by molar-refractivity contribution is -0.147. The van der Waals surface area contributed by atoms with Crippen LogP contribution >= 0.6 is 23.5 Å². The molecule has 7 heterocycles. The van der Waals surface area contributed by atoms with Crippen molar-refractivity contribution in [3.05, 3.63) is 154 Å². The number of nitrogens with two attached hydrogens (primary N) is 1. The van der Waals surface area contributed by atoms with Gasteiger partial charge in [0, 0.05) is 92.0 Å². The number of nitrogens with zero attached hydrogens (tertiary/aromatic N) is 6. The highest BCUT2D eigenvalue weighted by Crippen LogP contribution is 2.33. The Labute approximate surface area is 586 Å². The minimum atomic E-state index is -1.76. The van der Waals surface area contributed by atoms with E-state index in [9.17, 15) is 24.3 Å². The summed E-state index contributed by atoms with van der Waals surface area (Å²) in [5.74, 6) is -4.84. The van der Waals surface area contributed by atoms with Crippen molar-refractivity contribution in [2.24, 2.45) is 5.73 Å². The summed E-state index contributed by atoms with van der Waals surface area (Å²) >= 11 is 3.05. The second-order valence-electron chi connectivity index (χ2n) is 26.2. The van der Waals surface area contributed by atoms with Crippen LogP contribution in [0.15, 0.2) is 109 Å². The van der Waals surface area contributed by atoms with Crippen LogP contribution < -0.4 is 47.7 Å². The van der Waals surface area contributed by atoms with Gasteiger partial charge < -0.3 is 71.9 Å². The number of halogens is 1. The summed E-state index contributed by atoms with van der Waals surface area (Å²) in [4.78, 5) is 136. The van der Waals surface area contributed by atoms with E-state index in [1.807, 2.05) is 41.0 Å². The van der Waals surface area contributed by atoms with Crippen molar-refractivity contribution in [2.45, 2.75) is 150 Å². The summed E-state index contributed by atoms with van der Waals surface area (Å²) < 4.78 is 31.1. The van der Waals surface area contributed by atoms with Crippen LogP contribution in [0.25, 0.3) is 16.6 Å². The summed E-state index contributed by atoms with van der Waals surface area (Å²) in [5.41, 5.74) is 10.7. The van der Waals surface area contributed by atoms with Crippen LogP contribution in [0.2, 0.25) is 0 Å². The van der Waals surface area contributed by atoms with E-state index in [1.165, 1.54) is 54.7 Å². The molecule has 9 amide bonds. The zero-order valence-corrected chi connectivity index (χ0v) is 57.8. The third kappa shape index (κ3) is 17.2. The Bertz CT molecular complexity index is 4070. The molecule has 2 fully saturated rings. The van der Waals surface area contributed by atoms with E-state index in [0.29, 0.717) is 87.0 Å². The number of carbonyl (C=O) groups is 9. The molecule has 14 bridgehead atoms. The normalized spacial score (nSPS) is 26.1.